The van der Waals surface area contributed by atoms with Crippen molar-refractivity contribution in [1.29, 1.82) is 0 Å². The molecular weight excluding hydrogens is 461 g/mol. The van der Waals surface area contributed by atoms with E-state index in [9.17, 15) is 9.18 Å². The van der Waals surface area contributed by atoms with Gasteiger partial charge in [0.2, 0.25) is 0 Å². The van der Waals surface area contributed by atoms with E-state index in [0.717, 1.165) is 19.5 Å². The van der Waals surface area contributed by atoms with Gasteiger partial charge in [-0.3, -0.25) is 4.90 Å². The SMILES string of the molecule is COc1cc2ncnc(Nc3cccc(Cl)c3F)c2cc1N1CC2(CCN(C)CC2C)OC1=O. The molecule has 10 heteroatoms. The molecule has 1 amide bonds. The smallest absolute Gasteiger partial charge is 0.415 e. The minimum absolute atomic E-state index is 0.00285. The fourth-order valence-corrected chi connectivity index (χ4v) is 4.96. The zero-order valence-electron chi connectivity index (χ0n) is 19.1. The summed E-state index contributed by atoms with van der Waals surface area (Å²) in [5.74, 6) is 0.467. The van der Waals surface area contributed by atoms with Crippen molar-refractivity contribution in [3.8, 4) is 5.75 Å². The van der Waals surface area contributed by atoms with Crippen LogP contribution in [-0.2, 0) is 4.74 Å². The predicted molar refractivity (Wildman–Crippen MR) is 129 cm³/mol. The second-order valence-corrected chi connectivity index (χ2v) is 9.33. The number of likely N-dealkylation sites (tertiary alicyclic amines) is 1. The van der Waals surface area contributed by atoms with Gasteiger partial charge in [-0.1, -0.05) is 24.6 Å². The highest BCUT2D eigenvalue weighted by Gasteiger charge is 2.51. The minimum atomic E-state index is -0.578. The van der Waals surface area contributed by atoms with Crippen LogP contribution in [0, 0.1) is 11.7 Å². The van der Waals surface area contributed by atoms with Crippen molar-refractivity contribution in [3.05, 3.63) is 47.5 Å². The summed E-state index contributed by atoms with van der Waals surface area (Å²) in [5.41, 5.74) is 0.759. The molecule has 2 aromatic carbocycles. The predicted octanol–water partition coefficient (Wildman–Crippen LogP) is 4.84. The molecule has 2 aliphatic rings. The van der Waals surface area contributed by atoms with E-state index in [1.165, 1.54) is 12.4 Å². The molecule has 0 bridgehead atoms. The molecule has 0 radical (unpaired) electrons. The lowest BCUT2D eigenvalue weighted by atomic mass is 9.82. The first-order chi connectivity index (χ1) is 16.3. The molecule has 8 nitrogen and oxygen atoms in total. The normalized spacial score (nSPS) is 22.9. The minimum Gasteiger partial charge on any atom is -0.494 e. The Morgan fingerprint density at radius 1 is 1.32 bits per heavy atom. The molecule has 3 aromatic rings. The molecule has 178 valence electrons. The fourth-order valence-electron chi connectivity index (χ4n) is 4.79. The number of carbonyl (C=O) groups is 1. The Balaban J connectivity index is 1.56. The average Bonchev–Trinajstić information content (AvgIpc) is 3.16. The number of anilines is 3. The molecule has 0 saturated carbocycles. The lowest BCUT2D eigenvalue weighted by molar-refractivity contribution is -0.0354. The summed E-state index contributed by atoms with van der Waals surface area (Å²) < 4.78 is 26.1. The van der Waals surface area contributed by atoms with Crippen molar-refractivity contribution in [3.63, 3.8) is 0 Å². The zero-order valence-corrected chi connectivity index (χ0v) is 19.9. The van der Waals surface area contributed by atoms with E-state index in [0.29, 0.717) is 34.7 Å². The van der Waals surface area contributed by atoms with Gasteiger partial charge < -0.3 is 19.7 Å². The molecule has 3 heterocycles. The van der Waals surface area contributed by atoms with Crippen LogP contribution in [0.3, 0.4) is 0 Å². The van der Waals surface area contributed by atoms with Crippen molar-refractivity contribution >= 4 is 45.8 Å². The molecule has 1 aromatic heterocycles. The number of piperidine rings is 1. The molecule has 0 aliphatic carbocycles. The van der Waals surface area contributed by atoms with Crippen LogP contribution in [0.5, 0.6) is 5.75 Å². The van der Waals surface area contributed by atoms with Crippen molar-refractivity contribution in [2.45, 2.75) is 18.9 Å². The van der Waals surface area contributed by atoms with Crippen molar-refractivity contribution in [2.75, 3.05) is 44.0 Å². The Kier molecular flexibility index (Phi) is 5.69. The van der Waals surface area contributed by atoms with Crippen molar-refractivity contribution in [1.82, 2.24) is 14.9 Å². The number of amides is 1. The van der Waals surface area contributed by atoms with E-state index in [2.05, 4.69) is 34.2 Å². The van der Waals surface area contributed by atoms with Gasteiger partial charge in [0.15, 0.2) is 5.82 Å². The van der Waals surface area contributed by atoms with Crippen molar-refractivity contribution < 1.29 is 18.7 Å². The maximum Gasteiger partial charge on any atom is 0.415 e. The van der Waals surface area contributed by atoms with Crippen LogP contribution in [0.15, 0.2) is 36.7 Å². The topological polar surface area (TPSA) is 79.8 Å². The van der Waals surface area contributed by atoms with Gasteiger partial charge in [-0.15, -0.1) is 0 Å². The number of ether oxygens (including phenoxy) is 2. The number of aromatic nitrogens is 2. The Morgan fingerprint density at radius 3 is 2.91 bits per heavy atom. The molecular formula is C24H25ClFN5O3. The Hall–Kier alpha value is -3.17. The molecule has 2 unspecified atom stereocenters. The highest BCUT2D eigenvalue weighted by Crippen LogP contribution is 2.43. The molecule has 34 heavy (non-hydrogen) atoms. The summed E-state index contributed by atoms with van der Waals surface area (Å²) in [7, 11) is 3.61. The molecule has 2 aliphatic heterocycles. The van der Waals surface area contributed by atoms with Crippen LogP contribution >= 0.6 is 11.6 Å². The third-order valence-corrected chi connectivity index (χ3v) is 7.06. The number of benzene rings is 2. The number of fused-ring (bicyclic) bond motifs is 1. The molecule has 5 rings (SSSR count). The van der Waals surface area contributed by atoms with Crippen LogP contribution < -0.4 is 15.0 Å². The first-order valence-electron chi connectivity index (χ1n) is 11.0. The van der Waals surface area contributed by atoms with Gasteiger partial charge >= 0.3 is 6.09 Å². The van der Waals surface area contributed by atoms with E-state index >= 15 is 0 Å². The quantitative estimate of drug-likeness (QED) is 0.566. The van der Waals surface area contributed by atoms with Crippen LogP contribution in [0.25, 0.3) is 10.9 Å². The van der Waals surface area contributed by atoms with Crippen LogP contribution in [0.4, 0.5) is 26.4 Å². The number of methoxy groups -OCH3 is 1. The number of halogens is 2. The summed E-state index contributed by atoms with van der Waals surface area (Å²) in [6.07, 6.45) is 1.72. The summed E-state index contributed by atoms with van der Waals surface area (Å²) in [6, 6.07) is 8.21. The average molecular weight is 486 g/mol. The number of hydrogen-bond donors (Lipinski definition) is 1. The van der Waals surface area contributed by atoms with Gasteiger partial charge in [0.05, 0.1) is 35.6 Å². The Labute approximate surface area is 201 Å². The number of carbonyl (C=O) groups excluding carboxylic acids is 1. The van der Waals surface area contributed by atoms with Gasteiger partial charge in [0, 0.05) is 36.9 Å². The second-order valence-electron chi connectivity index (χ2n) is 8.92. The highest BCUT2D eigenvalue weighted by atomic mass is 35.5. The Bertz CT molecular complexity index is 1270. The number of hydrogen-bond acceptors (Lipinski definition) is 7. The number of nitrogens with zero attached hydrogens (tertiary/aromatic N) is 4. The van der Waals surface area contributed by atoms with E-state index in [-0.39, 0.29) is 16.6 Å². The maximum atomic E-state index is 14.5. The third-order valence-electron chi connectivity index (χ3n) is 6.77. The highest BCUT2D eigenvalue weighted by molar-refractivity contribution is 6.31. The van der Waals surface area contributed by atoms with Crippen LogP contribution in [-0.4, -0.2) is 60.4 Å². The zero-order chi connectivity index (χ0) is 24.0. The van der Waals surface area contributed by atoms with Crippen LogP contribution in [0.2, 0.25) is 5.02 Å². The lowest BCUT2D eigenvalue weighted by Gasteiger charge is -2.41. The van der Waals surface area contributed by atoms with E-state index in [1.807, 2.05) is 0 Å². The van der Waals surface area contributed by atoms with E-state index in [1.54, 1.807) is 36.3 Å². The van der Waals surface area contributed by atoms with E-state index < -0.39 is 17.5 Å². The number of rotatable bonds is 4. The molecule has 2 atom stereocenters. The first kappa shape index (κ1) is 22.6. The van der Waals surface area contributed by atoms with Gasteiger partial charge in [-0.2, -0.15) is 0 Å². The summed E-state index contributed by atoms with van der Waals surface area (Å²) in [6.45, 7) is 4.23. The second kappa shape index (κ2) is 8.56. The summed E-state index contributed by atoms with van der Waals surface area (Å²) >= 11 is 5.93. The first-order valence-corrected chi connectivity index (χ1v) is 11.4. The third kappa shape index (κ3) is 3.78. The largest absolute Gasteiger partial charge is 0.494 e. The Morgan fingerprint density at radius 2 is 2.15 bits per heavy atom. The molecule has 1 spiro atoms. The number of nitrogens with one attached hydrogen (secondary N) is 1. The standard InChI is InChI=1S/C24H25ClFN5O3/c1-14-11-30(2)8-7-24(14)12-31(23(32)34-24)19-9-15-18(10-20(19)33-3)27-13-28-22(15)29-17-6-4-5-16(25)21(17)26/h4-6,9-10,13-14H,7-8,11-12H2,1-3H3,(H,27,28,29). The van der Waals surface area contributed by atoms with Gasteiger partial charge in [0.25, 0.3) is 0 Å². The summed E-state index contributed by atoms with van der Waals surface area (Å²) in [4.78, 5) is 25.5. The summed E-state index contributed by atoms with van der Waals surface area (Å²) in [5, 5.41) is 3.60. The molecule has 1 N–H and O–H groups in total. The monoisotopic (exact) mass is 485 g/mol. The molecule has 2 saturated heterocycles. The molecule has 2 fully saturated rings. The van der Waals surface area contributed by atoms with Gasteiger partial charge in [-0.05, 0) is 25.2 Å². The van der Waals surface area contributed by atoms with Gasteiger partial charge in [0.1, 0.15) is 23.5 Å². The maximum absolute atomic E-state index is 14.5. The van der Waals surface area contributed by atoms with E-state index in [4.69, 9.17) is 21.1 Å². The van der Waals surface area contributed by atoms with Crippen LogP contribution in [0.1, 0.15) is 13.3 Å². The fraction of sp³-hybridized carbons (Fsp3) is 0.375. The lowest BCUT2D eigenvalue weighted by Crippen LogP contribution is -2.52. The van der Waals surface area contributed by atoms with Crippen molar-refractivity contribution in [2.24, 2.45) is 5.92 Å². The van der Waals surface area contributed by atoms with Gasteiger partial charge in [-0.25, -0.2) is 19.2 Å².